The van der Waals surface area contributed by atoms with Crippen molar-refractivity contribution in [3.63, 3.8) is 0 Å². The monoisotopic (exact) mass is 832 g/mol. The van der Waals surface area contributed by atoms with Gasteiger partial charge in [-0.2, -0.15) is 0 Å². The van der Waals surface area contributed by atoms with Crippen molar-refractivity contribution in [1.29, 1.82) is 0 Å². The summed E-state index contributed by atoms with van der Waals surface area (Å²) < 4.78 is 30.1. The number of esters is 1. The number of allylic oxidation sites excluding steroid dienone is 4. The van der Waals surface area contributed by atoms with Gasteiger partial charge in [-0.1, -0.05) is 58.9 Å². The average Bonchev–Trinajstić information content (AvgIpc) is 3.21. The minimum absolute atomic E-state index is 0.0293. The Labute approximate surface area is 351 Å². The van der Waals surface area contributed by atoms with Gasteiger partial charge in [0, 0.05) is 51.4 Å². The standard InChI is InChI=1S/C46H73NO12/c1-11-30(7)57-38-17-16-32(24-37(38)50)22-28(5)41-31(8)35(48)25-36(49)33(12-2)20-26(3)19-27(4)21-39(55-9)42-40(56-10)23-29(6)46(54,59-42)43(51)44(52)47-18-14-13-15-34(47)45(53)58-41/h20,22,27,29,31-35,37-42,48,50,54H,7,11-19,21,23-25H2,1-6,8-10H3. The van der Waals surface area contributed by atoms with E-state index in [1.807, 2.05) is 46.8 Å². The smallest absolute Gasteiger partial charge is 0.329 e. The van der Waals surface area contributed by atoms with E-state index >= 15 is 0 Å². The van der Waals surface area contributed by atoms with Gasteiger partial charge in [0.2, 0.25) is 5.79 Å². The minimum atomic E-state index is -2.51. The van der Waals surface area contributed by atoms with Gasteiger partial charge in [0.05, 0.1) is 30.2 Å². The molecule has 0 radical (unpaired) electrons. The van der Waals surface area contributed by atoms with Crippen molar-refractivity contribution in [2.75, 3.05) is 20.8 Å². The van der Waals surface area contributed by atoms with E-state index in [2.05, 4.69) is 6.58 Å². The molecule has 59 heavy (non-hydrogen) atoms. The number of rotatable bonds is 8. The number of methoxy groups -OCH3 is 2. The Morgan fingerprint density at radius 1 is 0.949 bits per heavy atom. The molecule has 1 amide bonds. The first-order valence-electron chi connectivity index (χ1n) is 22.0. The maximum atomic E-state index is 14.4. The predicted octanol–water partition coefficient (Wildman–Crippen LogP) is 5.77. The Hall–Kier alpha value is -2.94. The Kier molecular flexibility index (Phi) is 17.9. The highest BCUT2D eigenvalue weighted by Gasteiger charge is 2.56. The molecular formula is C46H73NO12. The van der Waals surface area contributed by atoms with E-state index in [1.165, 1.54) is 19.1 Å². The number of carbonyl (C=O) groups excluding carboxylic acids is 4. The van der Waals surface area contributed by atoms with Gasteiger partial charge in [-0.15, -0.1) is 0 Å². The number of carbonyl (C=O) groups is 4. The number of cyclic esters (lactones) is 1. The molecule has 3 aliphatic heterocycles. The summed E-state index contributed by atoms with van der Waals surface area (Å²) in [6.07, 6.45) is 3.94. The van der Waals surface area contributed by atoms with Crippen LogP contribution in [0.2, 0.25) is 0 Å². The van der Waals surface area contributed by atoms with Crippen LogP contribution in [-0.2, 0) is 42.9 Å². The number of aliphatic hydroxyl groups excluding tert-OH is 2. The van der Waals surface area contributed by atoms with E-state index in [-0.39, 0.29) is 49.5 Å². The van der Waals surface area contributed by atoms with E-state index < -0.39 is 83.9 Å². The molecule has 3 N–H and O–H groups in total. The highest BCUT2D eigenvalue weighted by Crippen LogP contribution is 2.39. The van der Waals surface area contributed by atoms with E-state index in [1.54, 1.807) is 13.8 Å². The summed E-state index contributed by atoms with van der Waals surface area (Å²) in [4.78, 5) is 57.9. The minimum Gasteiger partial charge on any atom is -0.493 e. The highest BCUT2D eigenvalue weighted by atomic mass is 16.7. The second-order valence-corrected chi connectivity index (χ2v) is 17.9. The van der Waals surface area contributed by atoms with E-state index in [4.69, 9.17) is 23.7 Å². The number of amides is 1. The number of aliphatic hydroxyl groups is 3. The zero-order chi connectivity index (χ0) is 43.8. The van der Waals surface area contributed by atoms with Gasteiger partial charge in [0.1, 0.15) is 30.1 Å². The third-order valence-corrected chi connectivity index (χ3v) is 13.3. The molecular weight excluding hydrogens is 759 g/mol. The summed E-state index contributed by atoms with van der Waals surface area (Å²) in [5.41, 5.74) is 1.63. The van der Waals surface area contributed by atoms with Gasteiger partial charge in [-0.25, -0.2) is 4.79 Å². The van der Waals surface area contributed by atoms with Gasteiger partial charge in [0.25, 0.3) is 11.7 Å². The fourth-order valence-electron chi connectivity index (χ4n) is 9.58. The van der Waals surface area contributed by atoms with Crippen LogP contribution in [-0.4, -0.2) is 119 Å². The Bertz CT molecular complexity index is 1540. The van der Waals surface area contributed by atoms with Gasteiger partial charge in [-0.05, 0) is 95.5 Å². The first kappa shape index (κ1) is 48.7. The van der Waals surface area contributed by atoms with Crippen molar-refractivity contribution in [3.8, 4) is 0 Å². The molecule has 1 saturated carbocycles. The first-order chi connectivity index (χ1) is 27.9. The lowest BCUT2D eigenvalue weighted by molar-refractivity contribution is -0.302. The average molecular weight is 832 g/mol. The van der Waals surface area contributed by atoms with Crippen LogP contribution in [0.3, 0.4) is 0 Å². The van der Waals surface area contributed by atoms with Crippen molar-refractivity contribution in [1.82, 2.24) is 4.90 Å². The normalized spacial score (nSPS) is 39.1. The molecule has 1 aliphatic carbocycles. The Morgan fingerprint density at radius 2 is 1.63 bits per heavy atom. The largest absolute Gasteiger partial charge is 0.493 e. The van der Waals surface area contributed by atoms with E-state index in [9.17, 15) is 34.5 Å². The zero-order valence-electron chi connectivity index (χ0n) is 37.0. The van der Waals surface area contributed by atoms with Crippen LogP contribution in [0, 0.1) is 29.6 Å². The van der Waals surface area contributed by atoms with Gasteiger partial charge in [0.15, 0.2) is 0 Å². The van der Waals surface area contributed by atoms with Crippen molar-refractivity contribution in [2.45, 2.75) is 180 Å². The van der Waals surface area contributed by atoms with Crippen molar-refractivity contribution in [2.24, 2.45) is 29.6 Å². The SMILES string of the molecule is C=C(CC)OC1CCC(C=C(C)C2OC(=O)C3CCCCN3C(=O)C(=O)C3(O)OC(C(OC)CC(C)CC(C)=CC(CC)C(=O)CC(O)C2C)C(OC)CC3C)CC1O. The molecule has 14 atom stereocenters. The third-order valence-electron chi connectivity index (χ3n) is 13.3. The maximum absolute atomic E-state index is 14.4. The number of Topliss-reactive ketones (excluding diaryl/α,β-unsaturated/α-hetero) is 2. The number of nitrogens with zero attached hydrogens (tertiary/aromatic N) is 1. The summed E-state index contributed by atoms with van der Waals surface area (Å²) in [7, 11) is 3.06. The highest BCUT2D eigenvalue weighted by molar-refractivity contribution is 6.39. The molecule has 2 bridgehead atoms. The summed E-state index contributed by atoms with van der Waals surface area (Å²) in [6, 6.07) is -1.15. The summed E-state index contributed by atoms with van der Waals surface area (Å²) in [6.45, 7) is 17.1. The fraction of sp³-hybridized carbons (Fsp3) is 0.783. The Morgan fingerprint density at radius 3 is 2.25 bits per heavy atom. The molecule has 14 unspecified atom stereocenters. The molecule has 0 spiro atoms. The maximum Gasteiger partial charge on any atom is 0.329 e. The molecule has 0 aromatic rings. The van der Waals surface area contributed by atoms with Gasteiger partial charge >= 0.3 is 5.97 Å². The fourth-order valence-corrected chi connectivity index (χ4v) is 9.58. The number of fused-ring (bicyclic) bond motifs is 3. The van der Waals surface area contributed by atoms with E-state index in [0.29, 0.717) is 69.1 Å². The predicted molar refractivity (Wildman–Crippen MR) is 222 cm³/mol. The number of piperidine rings is 1. The molecule has 13 nitrogen and oxygen atoms in total. The number of ether oxygens (including phenoxy) is 5. The van der Waals surface area contributed by atoms with Crippen LogP contribution in [0.25, 0.3) is 0 Å². The second kappa shape index (κ2) is 21.7. The number of ketones is 2. The first-order valence-corrected chi connectivity index (χ1v) is 22.0. The van der Waals surface area contributed by atoms with Crippen LogP contribution >= 0.6 is 0 Å². The molecule has 3 fully saturated rings. The summed E-state index contributed by atoms with van der Waals surface area (Å²) in [5, 5.41) is 34.7. The third kappa shape index (κ3) is 11.9. The van der Waals surface area contributed by atoms with Crippen LogP contribution in [0.1, 0.15) is 126 Å². The molecule has 2 saturated heterocycles. The second-order valence-electron chi connectivity index (χ2n) is 17.9. The lowest BCUT2D eigenvalue weighted by atomic mass is 9.81. The molecule has 4 rings (SSSR count). The Balaban J connectivity index is 1.74. The van der Waals surface area contributed by atoms with E-state index in [0.717, 1.165) is 5.57 Å². The summed E-state index contributed by atoms with van der Waals surface area (Å²) in [5.74, 6) is -7.06. The number of hydrogen-bond donors (Lipinski definition) is 3. The van der Waals surface area contributed by atoms with Crippen LogP contribution < -0.4 is 0 Å². The number of hydrogen-bond acceptors (Lipinski definition) is 12. The lowest BCUT2D eigenvalue weighted by Gasteiger charge is -2.47. The lowest BCUT2D eigenvalue weighted by Crippen LogP contribution is -2.64. The molecule has 4 aliphatic rings. The quantitative estimate of drug-likeness (QED) is 0.117. The molecule has 0 aromatic carbocycles. The summed E-state index contributed by atoms with van der Waals surface area (Å²) >= 11 is 0. The van der Waals surface area contributed by atoms with Crippen molar-refractivity contribution >= 4 is 23.4 Å². The molecule has 13 heteroatoms. The van der Waals surface area contributed by atoms with Gasteiger partial charge < -0.3 is 43.9 Å². The topological polar surface area (TPSA) is 178 Å². The molecule has 334 valence electrons. The van der Waals surface area contributed by atoms with Crippen LogP contribution in [0.15, 0.2) is 35.6 Å². The van der Waals surface area contributed by atoms with Crippen LogP contribution in [0.5, 0.6) is 0 Å². The van der Waals surface area contributed by atoms with Crippen molar-refractivity contribution in [3.05, 3.63) is 35.6 Å². The molecule has 0 aromatic heterocycles. The molecule has 3 heterocycles. The zero-order valence-corrected chi connectivity index (χ0v) is 37.0. The van der Waals surface area contributed by atoms with Crippen LogP contribution in [0.4, 0.5) is 0 Å². The van der Waals surface area contributed by atoms with Gasteiger partial charge in [-0.3, -0.25) is 14.4 Å². The van der Waals surface area contributed by atoms with Crippen molar-refractivity contribution < 1.29 is 58.2 Å².